The van der Waals surface area contributed by atoms with E-state index >= 15 is 0 Å². The van der Waals surface area contributed by atoms with Crippen molar-refractivity contribution in [3.63, 3.8) is 0 Å². The Morgan fingerprint density at radius 2 is 2.09 bits per heavy atom. The topological polar surface area (TPSA) is 123 Å². The highest BCUT2D eigenvalue weighted by molar-refractivity contribution is 5.79. The van der Waals surface area contributed by atoms with Gasteiger partial charge in [-0.2, -0.15) is 10.2 Å². The Morgan fingerprint density at radius 3 is 2.73 bits per heavy atom. The minimum absolute atomic E-state index is 0.0636. The highest BCUT2D eigenvalue weighted by Gasteiger charge is 2.63. The average Bonchev–Trinajstić information content (AvgIpc) is 3.37. The fourth-order valence-electron chi connectivity index (χ4n) is 5.09. The maximum Gasteiger partial charge on any atom is 0.257 e. The number of methoxy groups -OCH3 is 1. The molecular weight excluding hydrogens is 422 g/mol. The zero-order chi connectivity index (χ0) is 26.6. The van der Waals surface area contributed by atoms with Crippen molar-refractivity contribution in [3.8, 4) is 11.9 Å². The molecule has 0 radical (unpaired) electrons. The fourth-order valence-corrected chi connectivity index (χ4v) is 5.09. The van der Waals surface area contributed by atoms with Gasteiger partial charge in [-0.15, -0.1) is 5.10 Å². The van der Waals surface area contributed by atoms with Gasteiger partial charge in [-0.1, -0.05) is 27.7 Å². The van der Waals surface area contributed by atoms with Crippen molar-refractivity contribution in [1.82, 2.24) is 24.3 Å². The number of aromatic nitrogens is 5. The zero-order valence-electron chi connectivity index (χ0n) is 22.6. The number of hydrogen-bond acceptors (Lipinski definition) is 8. The van der Waals surface area contributed by atoms with Gasteiger partial charge in [0.05, 0.1) is 24.9 Å². The second-order valence-corrected chi connectivity index (χ2v) is 9.75. The standard InChI is InChI=1S/C23H31N7O3/c1-13(12-32-7)30-15(9-24)8-14-10-25-21(27-17(14)30)26-16-11-29(6)28-18(16)33-20-22(2,3)19(31)23(20,4)5/h8,10-11,13,19-20,31H,12H2,1-7H3,(H,25,26,27)/t13-,19-,20+/m0/s1/i6D3. The van der Waals surface area contributed by atoms with Crippen molar-refractivity contribution in [2.24, 2.45) is 17.8 Å². The monoisotopic (exact) mass is 456 g/mol. The molecule has 0 aromatic carbocycles. The summed E-state index contributed by atoms with van der Waals surface area (Å²) >= 11 is 0. The first-order valence-electron chi connectivity index (χ1n) is 12.2. The molecule has 2 N–H and O–H groups in total. The van der Waals surface area contributed by atoms with Crippen LogP contribution in [0.25, 0.3) is 11.0 Å². The molecule has 33 heavy (non-hydrogen) atoms. The van der Waals surface area contributed by atoms with E-state index in [2.05, 4.69) is 26.5 Å². The molecule has 3 heterocycles. The van der Waals surface area contributed by atoms with Crippen molar-refractivity contribution in [2.45, 2.75) is 52.9 Å². The van der Waals surface area contributed by atoms with E-state index in [4.69, 9.17) is 13.6 Å². The van der Waals surface area contributed by atoms with Gasteiger partial charge >= 0.3 is 0 Å². The van der Waals surface area contributed by atoms with Crippen molar-refractivity contribution >= 4 is 22.7 Å². The van der Waals surface area contributed by atoms with E-state index in [0.717, 1.165) is 4.68 Å². The van der Waals surface area contributed by atoms with Crippen LogP contribution in [0.1, 0.15) is 50.5 Å². The molecule has 1 fully saturated rings. The quantitative estimate of drug-likeness (QED) is 0.556. The number of nitrogens with zero attached hydrogens (tertiary/aromatic N) is 6. The molecule has 0 amide bonds. The lowest BCUT2D eigenvalue weighted by Crippen LogP contribution is -2.69. The summed E-state index contributed by atoms with van der Waals surface area (Å²) in [5.74, 6) is 0.242. The number of fused-ring (bicyclic) bond motifs is 1. The molecule has 0 aliphatic heterocycles. The van der Waals surface area contributed by atoms with Gasteiger partial charge in [0.15, 0.2) is 0 Å². The summed E-state index contributed by atoms with van der Waals surface area (Å²) in [7, 11) is 1.59. The summed E-state index contributed by atoms with van der Waals surface area (Å²) < 4.78 is 37.4. The van der Waals surface area contributed by atoms with Gasteiger partial charge in [0.2, 0.25) is 5.95 Å². The van der Waals surface area contributed by atoms with Crippen molar-refractivity contribution in [1.29, 1.82) is 5.26 Å². The molecule has 1 atom stereocenters. The van der Waals surface area contributed by atoms with Crippen molar-refractivity contribution in [2.75, 3.05) is 19.0 Å². The van der Waals surface area contributed by atoms with Gasteiger partial charge < -0.3 is 24.5 Å². The van der Waals surface area contributed by atoms with Crippen LogP contribution >= 0.6 is 0 Å². The molecule has 10 nitrogen and oxygen atoms in total. The minimum Gasteiger partial charge on any atom is -0.470 e. The first kappa shape index (κ1) is 19.3. The van der Waals surface area contributed by atoms with E-state index in [1.807, 2.05) is 34.6 Å². The number of aliphatic hydroxyl groups is 1. The van der Waals surface area contributed by atoms with E-state index < -0.39 is 30.0 Å². The smallest absolute Gasteiger partial charge is 0.257 e. The van der Waals surface area contributed by atoms with Crippen LogP contribution in [0.2, 0.25) is 0 Å². The van der Waals surface area contributed by atoms with Crippen LogP contribution in [-0.4, -0.2) is 55.3 Å². The third-order valence-corrected chi connectivity index (χ3v) is 6.46. The number of aliphatic hydroxyl groups excluding tert-OH is 1. The first-order valence-corrected chi connectivity index (χ1v) is 10.7. The molecule has 1 saturated carbocycles. The Hall–Kier alpha value is -3.16. The molecule has 0 unspecified atom stereocenters. The molecular formula is C23H31N7O3. The summed E-state index contributed by atoms with van der Waals surface area (Å²) in [5.41, 5.74) is 0.0942. The largest absolute Gasteiger partial charge is 0.470 e. The van der Waals surface area contributed by atoms with Crippen LogP contribution in [0.5, 0.6) is 5.88 Å². The molecule has 4 rings (SSSR count). The third-order valence-electron chi connectivity index (χ3n) is 6.46. The van der Waals surface area contributed by atoms with Crippen LogP contribution in [-0.2, 0) is 11.7 Å². The van der Waals surface area contributed by atoms with Gasteiger partial charge in [0, 0.05) is 40.6 Å². The minimum atomic E-state index is -2.53. The lowest BCUT2D eigenvalue weighted by atomic mass is 9.51. The lowest BCUT2D eigenvalue weighted by Gasteiger charge is -2.60. The fraction of sp³-hybridized carbons (Fsp3) is 0.565. The van der Waals surface area contributed by atoms with Gasteiger partial charge in [0.1, 0.15) is 29.2 Å². The summed E-state index contributed by atoms with van der Waals surface area (Å²) in [6.07, 6.45) is 1.88. The Bertz CT molecular complexity index is 1310. The van der Waals surface area contributed by atoms with Crippen LogP contribution in [0, 0.1) is 22.2 Å². The average molecular weight is 457 g/mol. The Morgan fingerprint density at radius 1 is 1.36 bits per heavy atom. The van der Waals surface area contributed by atoms with E-state index in [1.54, 1.807) is 23.9 Å². The van der Waals surface area contributed by atoms with Crippen LogP contribution in [0.3, 0.4) is 0 Å². The molecule has 0 bridgehead atoms. The zero-order valence-corrected chi connectivity index (χ0v) is 19.6. The highest BCUT2D eigenvalue weighted by Crippen LogP contribution is 2.55. The van der Waals surface area contributed by atoms with Crippen LogP contribution in [0.15, 0.2) is 18.5 Å². The third kappa shape index (κ3) is 3.71. The summed E-state index contributed by atoms with van der Waals surface area (Å²) in [5, 5.41) is 28.0. The molecule has 176 valence electrons. The Labute approximate surface area is 197 Å². The number of hydrogen-bond donors (Lipinski definition) is 2. The number of ether oxygens (including phenoxy) is 2. The molecule has 0 saturated heterocycles. The number of rotatable bonds is 7. The molecule has 1 aliphatic carbocycles. The van der Waals surface area contributed by atoms with Crippen molar-refractivity contribution < 1.29 is 18.7 Å². The predicted molar refractivity (Wildman–Crippen MR) is 123 cm³/mol. The highest BCUT2D eigenvalue weighted by atomic mass is 16.5. The maximum absolute atomic E-state index is 10.6. The number of aryl methyl sites for hydroxylation is 1. The number of anilines is 2. The first-order chi connectivity index (χ1) is 16.7. The molecule has 10 heteroatoms. The molecule has 3 aromatic heterocycles. The van der Waals surface area contributed by atoms with Gasteiger partial charge in [-0.05, 0) is 13.0 Å². The van der Waals surface area contributed by atoms with E-state index in [1.165, 1.54) is 6.20 Å². The Balaban J connectivity index is 1.73. The summed E-state index contributed by atoms with van der Waals surface area (Å²) in [6.45, 7) is 7.33. The van der Waals surface area contributed by atoms with Crippen molar-refractivity contribution in [3.05, 3.63) is 24.2 Å². The summed E-state index contributed by atoms with van der Waals surface area (Å²) in [4.78, 5) is 8.94. The van der Waals surface area contributed by atoms with E-state index in [-0.39, 0.29) is 23.6 Å². The number of nitriles is 1. The lowest BCUT2D eigenvalue weighted by molar-refractivity contribution is -0.237. The molecule has 3 aromatic rings. The summed E-state index contributed by atoms with van der Waals surface area (Å²) in [6, 6.07) is 3.73. The van der Waals surface area contributed by atoms with E-state index in [9.17, 15) is 10.4 Å². The van der Waals surface area contributed by atoms with Gasteiger partial charge in [0.25, 0.3) is 5.88 Å². The Kier molecular flexibility index (Phi) is 4.69. The van der Waals surface area contributed by atoms with Crippen LogP contribution < -0.4 is 10.1 Å². The van der Waals surface area contributed by atoms with Gasteiger partial charge in [-0.3, -0.25) is 4.68 Å². The number of nitrogens with one attached hydrogen (secondary N) is 1. The van der Waals surface area contributed by atoms with Gasteiger partial charge in [-0.25, -0.2) is 4.98 Å². The normalized spacial score (nSPS) is 23.6. The SMILES string of the molecule is [2H]C([2H])([2H])n1cc(Nc2ncc3cc(C#N)n([C@@H](C)COC)c3n2)c(O[C@H]2C(C)(C)[C@@H](O)C2(C)C)n1. The molecule has 0 spiro atoms. The maximum atomic E-state index is 10.6. The second kappa shape index (κ2) is 8.01. The van der Waals surface area contributed by atoms with Crippen LogP contribution in [0.4, 0.5) is 11.6 Å². The second-order valence-electron chi connectivity index (χ2n) is 9.75. The predicted octanol–water partition coefficient (Wildman–Crippen LogP) is 3.16. The molecule has 1 aliphatic rings. The van der Waals surface area contributed by atoms with E-state index in [0.29, 0.717) is 23.3 Å².